The van der Waals surface area contributed by atoms with Crippen LogP contribution in [0.4, 0.5) is 0 Å². The van der Waals surface area contributed by atoms with Crippen LogP contribution in [0.25, 0.3) is 0 Å². The molecule has 0 spiro atoms. The number of carbonyl (C=O) groups is 2. The molecular weight excluding hydrogens is 424 g/mol. The number of carbonyl (C=O) groups excluding carboxylic acids is 2. The monoisotopic (exact) mass is 450 g/mol. The molecule has 9 nitrogen and oxygen atoms in total. The zero-order valence-corrected chi connectivity index (χ0v) is 18.7. The normalized spacial score (nSPS) is 18.0. The van der Waals surface area contributed by atoms with Crippen LogP contribution < -0.4 is 19.5 Å². The van der Waals surface area contributed by atoms with E-state index in [1.165, 1.54) is 33.1 Å². The summed E-state index contributed by atoms with van der Waals surface area (Å²) in [5, 5.41) is 2.46. The van der Waals surface area contributed by atoms with E-state index < -0.39 is 6.04 Å². The Labute approximate surface area is 185 Å². The van der Waals surface area contributed by atoms with Gasteiger partial charge in [-0.2, -0.15) is 0 Å². The predicted molar refractivity (Wildman–Crippen MR) is 115 cm³/mol. The fourth-order valence-corrected chi connectivity index (χ4v) is 4.78. The van der Waals surface area contributed by atoms with Crippen LogP contribution in [0.1, 0.15) is 21.3 Å². The number of ether oxygens (including phenoxy) is 4. The summed E-state index contributed by atoms with van der Waals surface area (Å²) < 4.78 is 26.3. The second-order valence-corrected chi connectivity index (χ2v) is 7.78. The van der Waals surface area contributed by atoms with Crippen molar-refractivity contribution in [3.05, 3.63) is 41.9 Å². The minimum absolute atomic E-state index is 0.240. The lowest BCUT2D eigenvalue weighted by Crippen LogP contribution is -2.48. The van der Waals surface area contributed by atoms with Gasteiger partial charge in [0.2, 0.25) is 11.7 Å². The third-order valence-electron chi connectivity index (χ3n) is 4.88. The molecule has 31 heavy (non-hydrogen) atoms. The third kappa shape index (κ3) is 4.75. The largest absolute Gasteiger partial charge is 0.493 e. The van der Waals surface area contributed by atoms with E-state index in [4.69, 9.17) is 23.4 Å². The van der Waals surface area contributed by atoms with Gasteiger partial charge >= 0.3 is 0 Å². The Bertz CT molecular complexity index is 878. The van der Waals surface area contributed by atoms with E-state index in [1.54, 1.807) is 42.7 Å². The molecule has 2 heterocycles. The summed E-state index contributed by atoms with van der Waals surface area (Å²) in [5.41, 5.74) is 1.12. The van der Waals surface area contributed by atoms with Crippen molar-refractivity contribution in [1.29, 1.82) is 0 Å². The first-order valence-corrected chi connectivity index (χ1v) is 10.6. The summed E-state index contributed by atoms with van der Waals surface area (Å²) in [5.74, 6) is 0.984. The molecule has 168 valence electrons. The Kier molecular flexibility index (Phi) is 7.69. The summed E-state index contributed by atoms with van der Waals surface area (Å²) in [4.78, 5) is 28.1. The van der Waals surface area contributed by atoms with Crippen LogP contribution in [0, 0.1) is 0 Å². The minimum atomic E-state index is -0.659. The molecule has 2 atom stereocenters. The van der Waals surface area contributed by atoms with E-state index in [1.807, 2.05) is 0 Å². The first kappa shape index (κ1) is 22.8. The molecule has 0 radical (unpaired) electrons. The molecule has 2 aromatic rings. The van der Waals surface area contributed by atoms with Crippen molar-refractivity contribution in [2.75, 3.05) is 47.3 Å². The van der Waals surface area contributed by atoms with Crippen molar-refractivity contribution in [2.24, 2.45) is 0 Å². The molecule has 3 rings (SSSR count). The molecule has 0 aliphatic carbocycles. The number of methoxy groups -OCH3 is 4. The lowest BCUT2D eigenvalue weighted by molar-refractivity contribution is -0.125. The molecule has 1 N–H and O–H groups in total. The van der Waals surface area contributed by atoms with Gasteiger partial charge in [-0.25, -0.2) is 0 Å². The average molecular weight is 451 g/mol. The van der Waals surface area contributed by atoms with Crippen molar-refractivity contribution in [1.82, 2.24) is 10.2 Å². The summed E-state index contributed by atoms with van der Waals surface area (Å²) >= 11 is 1.50. The van der Waals surface area contributed by atoms with Crippen LogP contribution in [-0.4, -0.2) is 70.1 Å². The topological polar surface area (TPSA) is 99.5 Å². The van der Waals surface area contributed by atoms with E-state index in [0.29, 0.717) is 41.7 Å². The van der Waals surface area contributed by atoms with Crippen LogP contribution in [0.3, 0.4) is 0 Å². The average Bonchev–Trinajstić information content (AvgIpc) is 3.47. The van der Waals surface area contributed by atoms with Gasteiger partial charge in [-0.1, -0.05) is 0 Å². The van der Waals surface area contributed by atoms with E-state index in [-0.39, 0.29) is 17.2 Å². The van der Waals surface area contributed by atoms with E-state index in [9.17, 15) is 9.59 Å². The van der Waals surface area contributed by atoms with Crippen molar-refractivity contribution in [3.63, 3.8) is 0 Å². The highest BCUT2D eigenvalue weighted by Gasteiger charge is 2.43. The fourth-order valence-electron chi connectivity index (χ4n) is 3.38. The van der Waals surface area contributed by atoms with Gasteiger partial charge < -0.3 is 33.6 Å². The number of nitrogens with one attached hydrogen (secondary N) is 1. The molecule has 2 unspecified atom stereocenters. The summed E-state index contributed by atoms with van der Waals surface area (Å²) in [6.45, 7) is 0.747. The fraction of sp³-hybridized carbons (Fsp3) is 0.429. The zero-order chi connectivity index (χ0) is 22.4. The van der Waals surface area contributed by atoms with Crippen molar-refractivity contribution >= 4 is 23.6 Å². The maximum atomic E-state index is 13.7. The van der Waals surface area contributed by atoms with Crippen molar-refractivity contribution in [2.45, 2.75) is 11.4 Å². The van der Waals surface area contributed by atoms with E-state index in [2.05, 4.69) is 5.32 Å². The minimum Gasteiger partial charge on any atom is -0.493 e. The quantitative estimate of drug-likeness (QED) is 0.581. The highest BCUT2D eigenvalue weighted by Crippen LogP contribution is 2.44. The summed E-state index contributed by atoms with van der Waals surface area (Å²) in [6, 6.07) is 4.30. The Morgan fingerprint density at radius 3 is 2.42 bits per heavy atom. The molecule has 0 saturated carbocycles. The van der Waals surface area contributed by atoms with Crippen LogP contribution in [0.15, 0.2) is 35.1 Å². The standard InChI is InChI=1S/C21H26N2O7S/c1-26-8-6-22-19(24)15-12-31-21(13-5-7-30-11-13)23(15)20(25)14-9-16(27-2)18(29-4)17(10-14)28-3/h5,7,9-11,15,21H,6,8,12H2,1-4H3,(H,22,24). The molecule has 1 aliphatic rings. The molecule has 2 amide bonds. The molecule has 10 heteroatoms. The van der Waals surface area contributed by atoms with Crippen LogP contribution in [0.2, 0.25) is 0 Å². The van der Waals surface area contributed by atoms with Crippen LogP contribution in [-0.2, 0) is 9.53 Å². The maximum absolute atomic E-state index is 13.7. The SMILES string of the molecule is COCCNC(=O)C1CSC(c2ccoc2)N1C(=O)c1cc(OC)c(OC)c(OC)c1. The molecule has 1 aliphatic heterocycles. The number of furan rings is 1. The number of amides is 2. The highest BCUT2D eigenvalue weighted by molar-refractivity contribution is 7.99. The number of thioether (sulfide) groups is 1. The van der Waals surface area contributed by atoms with Gasteiger partial charge in [-0.05, 0) is 18.2 Å². The van der Waals surface area contributed by atoms with Gasteiger partial charge in [-0.15, -0.1) is 11.8 Å². The Balaban J connectivity index is 1.97. The number of benzene rings is 1. The molecule has 1 saturated heterocycles. The van der Waals surface area contributed by atoms with Crippen LogP contribution in [0.5, 0.6) is 17.2 Å². The molecule has 1 aromatic carbocycles. The van der Waals surface area contributed by atoms with Gasteiger partial charge in [-0.3, -0.25) is 9.59 Å². The highest BCUT2D eigenvalue weighted by atomic mass is 32.2. The smallest absolute Gasteiger partial charge is 0.256 e. The Morgan fingerprint density at radius 1 is 1.16 bits per heavy atom. The summed E-state index contributed by atoms with van der Waals surface area (Å²) in [7, 11) is 6.02. The van der Waals surface area contributed by atoms with E-state index >= 15 is 0 Å². The number of rotatable bonds is 9. The third-order valence-corrected chi connectivity index (χ3v) is 6.21. The first-order valence-electron chi connectivity index (χ1n) is 9.58. The predicted octanol–water partition coefficient (Wildman–Crippen LogP) is 2.32. The van der Waals surface area contributed by atoms with Gasteiger partial charge in [0.1, 0.15) is 11.4 Å². The van der Waals surface area contributed by atoms with Gasteiger partial charge in [0.25, 0.3) is 5.91 Å². The van der Waals surface area contributed by atoms with Gasteiger partial charge in [0.05, 0.1) is 40.5 Å². The van der Waals surface area contributed by atoms with Crippen LogP contribution >= 0.6 is 11.8 Å². The van der Waals surface area contributed by atoms with Crippen molar-refractivity contribution < 1.29 is 33.0 Å². The summed E-state index contributed by atoms with van der Waals surface area (Å²) in [6.07, 6.45) is 3.13. The number of hydrogen-bond acceptors (Lipinski definition) is 8. The van der Waals surface area contributed by atoms with E-state index in [0.717, 1.165) is 5.56 Å². The lowest BCUT2D eigenvalue weighted by atomic mass is 10.1. The zero-order valence-electron chi connectivity index (χ0n) is 17.9. The molecular formula is C21H26N2O7S. The lowest BCUT2D eigenvalue weighted by Gasteiger charge is -2.29. The molecule has 1 aromatic heterocycles. The van der Waals surface area contributed by atoms with Crippen molar-refractivity contribution in [3.8, 4) is 17.2 Å². The molecule has 1 fully saturated rings. The molecule has 0 bridgehead atoms. The number of nitrogens with zero attached hydrogens (tertiary/aromatic N) is 1. The van der Waals surface area contributed by atoms with Gasteiger partial charge in [0.15, 0.2) is 11.5 Å². The second kappa shape index (κ2) is 10.5. The maximum Gasteiger partial charge on any atom is 0.256 e. The second-order valence-electron chi connectivity index (χ2n) is 6.67. The Morgan fingerprint density at radius 2 is 1.87 bits per heavy atom. The van der Waals surface area contributed by atoms with Gasteiger partial charge in [0, 0.05) is 30.5 Å². The number of hydrogen-bond donors (Lipinski definition) is 1. The Hall–Kier alpha value is -2.85. The first-order chi connectivity index (χ1) is 15.0.